The van der Waals surface area contributed by atoms with Gasteiger partial charge >= 0.3 is 162 Å². The zero-order valence-electron chi connectivity index (χ0n) is 15.3. The Hall–Kier alpha value is 0.330. The zero-order valence-corrected chi connectivity index (χ0v) is 23.5. The smallest absolute Gasteiger partial charge is 1.00 e. The predicted molar refractivity (Wildman–Crippen MR) is 103 cm³/mol. The van der Waals surface area contributed by atoms with Gasteiger partial charge in [-0.2, -0.15) is 0 Å². The summed E-state index contributed by atoms with van der Waals surface area (Å²) in [5, 5.41) is 0. The maximum Gasteiger partial charge on any atom is -1.00 e. The first-order valence-corrected chi connectivity index (χ1v) is 12.4. The van der Waals surface area contributed by atoms with Gasteiger partial charge in [-0.05, 0) is 0 Å². The summed E-state index contributed by atoms with van der Waals surface area (Å²) in [4.78, 5) is 0. The Kier molecular flexibility index (Phi) is 9.76. The van der Waals surface area contributed by atoms with Gasteiger partial charge in [0.05, 0.1) is 0 Å². The molecule has 0 spiro atoms. The minimum Gasteiger partial charge on any atom is -1.00 e. The number of hydrogen-bond donors (Lipinski definition) is 0. The third kappa shape index (κ3) is 4.74. The molecule has 2 aliphatic carbocycles. The van der Waals surface area contributed by atoms with Crippen molar-refractivity contribution in [2.75, 3.05) is 0 Å². The molecule has 0 N–H and O–H groups in total. The third-order valence-electron chi connectivity index (χ3n) is 5.16. The molecule has 2 unspecified atom stereocenters. The van der Waals surface area contributed by atoms with Gasteiger partial charge < -0.3 is 50.9 Å². The van der Waals surface area contributed by atoms with E-state index in [0.29, 0.717) is 11.8 Å². The number of fused-ring (bicyclic) bond motifs is 2. The second-order valence-electron chi connectivity index (χ2n) is 7.09. The molecule has 2 atom stereocenters. The maximum atomic E-state index is 2.71. The van der Waals surface area contributed by atoms with Gasteiger partial charge in [-0.3, -0.25) is 0 Å². The zero-order chi connectivity index (χ0) is 16.7. The molecular formula is C22H21Br3SiZr. The molecule has 0 fully saturated rings. The SMILES string of the molecule is C[Si](C)=C[C]([Zr+3])(C1C=Cc2ccccc21)C1C=Cc2ccccc21.[Br-].[Br-].[Br-]. The maximum absolute atomic E-state index is 2.71. The van der Waals surface area contributed by atoms with Crippen LogP contribution < -0.4 is 50.9 Å². The van der Waals surface area contributed by atoms with Crippen LogP contribution in [0.4, 0.5) is 0 Å². The molecule has 0 saturated heterocycles. The largest absolute Gasteiger partial charge is 1.00 e. The van der Waals surface area contributed by atoms with Crippen LogP contribution in [0.15, 0.2) is 60.7 Å². The minimum atomic E-state index is -0.438. The van der Waals surface area contributed by atoms with Crippen LogP contribution in [0.3, 0.4) is 0 Å². The van der Waals surface area contributed by atoms with E-state index in [1.165, 1.54) is 22.3 Å². The van der Waals surface area contributed by atoms with Crippen molar-refractivity contribution in [2.24, 2.45) is 0 Å². The predicted octanol–water partition coefficient (Wildman–Crippen LogP) is -3.54. The molecule has 2 aliphatic rings. The molecule has 138 valence electrons. The molecular weight excluding hydrogens is 623 g/mol. The van der Waals surface area contributed by atoms with Gasteiger partial charge in [-0.15, -0.1) is 0 Å². The van der Waals surface area contributed by atoms with Gasteiger partial charge in [0.1, 0.15) is 0 Å². The van der Waals surface area contributed by atoms with E-state index in [4.69, 9.17) is 0 Å². The molecule has 0 amide bonds. The quantitative estimate of drug-likeness (QED) is 0.305. The molecule has 0 saturated carbocycles. The van der Waals surface area contributed by atoms with Crippen molar-refractivity contribution in [1.82, 2.24) is 0 Å². The molecule has 0 bridgehead atoms. The standard InChI is InChI=1S/C22H21Si.3BrH.Zr/c1-23(2)15-22(20-13-11-16-7-3-5-9-18(16)20)21-14-12-17-8-4-6-10-19(17)21;;;;/h3-15,20-21H,1-2H3;3*1H;/q;;;;+3/p-3. The first-order valence-electron chi connectivity index (χ1n) is 8.55. The average molecular weight is 644 g/mol. The molecule has 0 radical (unpaired) electrons. The van der Waals surface area contributed by atoms with Crippen LogP contribution in [0.25, 0.3) is 12.2 Å². The number of halogens is 3. The molecule has 0 nitrogen and oxygen atoms in total. The monoisotopic (exact) mass is 640 g/mol. The van der Waals surface area contributed by atoms with Crippen molar-refractivity contribution >= 4 is 26.2 Å². The minimum absolute atomic E-state index is 0. The Morgan fingerprint density at radius 3 is 1.59 bits per heavy atom. The molecule has 0 heterocycles. The molecule has 0 aliphatic heterocycles. The molecule has 0 aromatic heterocycles. The fourth-order valence-electron chi connectivity index (χ4n) is 4.18. The van der Waals surface area contributed by atoms with Gasteiger partial charge in [0.15, 0.2) is 0 Å². The van der Waals surface area contributed by atoms with Gasteiger partial charge in [-0.1, -0.05) is 0 Å². The summed E-state index contributed by atoms with van der Waals surface area (Å²) in [5.41, 5.74) is 8.53. The summed E-state index contributed by atoms with van der Waals surface area (Å²) >= 11 is 1.62. The second kappa shape index (κ2) is 10.4. The topological polar surface area (TPSA) is 0 Å². The van der Waals surface area contributed by atoms with Gasteiger partial charge in [0.2, 0.25) is 0 Å². The van der Waals surface area contributed by atoms with E-state index in [1.54, 1.807) is 24.7 Å². The van der Waals surface area contributed by atoms with Crippen molar-refractivity contribution < 1.29 is 75.7 Å². The average Bonchev–Trinajstić information content (AvgIpc) is 3.19. The summed E-state index contributed by atoms with van der Waals surface area (Å²) in [6.45, 7) is 4.83. The van der Waals surface area contributed by atoms with Crippen LogP contribution in [-0.2, 0) is 24.7 Å². The molecule has 2 aromatic rings. The Labute approximate surface area is 210 Å². The van der Waals surface area contributed by atoms with E-state index in [1.807, 2.05) is 0 Å². The van der Waals surface area contributed by atoms with E-state index in [2.05, 4.69) is 91.6 Å². The van der Waals surface area contributed by atoms with Crippen LogP contribution in [-0.4, -0.2) is 14.1 Å². The summed E-state index contributed by atoms with van der Waals surface area (Å²) in [6, 6.07) is 17.9. The van der Waals surface area contributed by atoms with Crippen molar-refractivity contribution in [2.45, 2.75) is 28.1 Å². The molecule has 4 rings (SSSR count). The van der Waals surface area contributed by atoms with E-state index in [-0.39, 0.29) is 54.1 Å². The van der Waals surface area contributed by atoms with E-state index in [0.717, 1.165) is 0 Å². The van der Waals surface area contributed by atoms with Crippen molar-refractivity contribution in [3.05, 3.63) is 82.9 Å². The molecule has 2 aromatic carbocycles. The Morgan fingerprint density at radius 1 is 0.778 bits per heavy atom. The number of allylic oxidation sites excluding steroid dienone is 2. The second-order valence-corrected chi connectivity index (χ2v) is 11.7. The third-order valence-corrected chi connectivity index (χ3v) is 8.80. The number of hydrogen-bond acceptors (Lipinski definition) is 0. The summed E-state index contributed by atoms with van der Waals surface area (Å²) in [5.74, 6) is 0.986. The van der Waals surface area contributed by atoms with Crippen LogP contribution in [0.2, 0.25) is 16.2 Å². The summed E-state index contributed by atoms with van der Waals surface area (Å²) in [6.07, 6.45) is 9.56. The Morgan fingerprint density at radius 2 is 1.19 bits per heavy atom. The summed E-state index contributed by atoms with van der Waals surface area (Å²) in [7, 11) is -0.438. The van der Waals surface area contributed by atoms with Crippen LogP contribution in [0, 0.1) is 0 Å². The number of benzene rings is 2. The number of rotatable bonds is 3. The van der Waals surface area contributed by atoms with Gasteiger partial charge in [0.25, 0.3) is 0 Å². The van der Waals surface area contributed by atoms with Gasteiger partial charge in [0, 0.05) is 0 Å². The van der Waals surface area contributed by atoms with Crippen molar-refractivity contribution in [3.8, 4) is 0 Å². The first-order chi connectivity index (χ1) is 11.6. The molecule has 27 heavy (non-hydrogen) atoms. The molecule has 5 heteroatoms. The van der Waals surface area contributed by atoms with Crippen LogP contribution >= 0.6 is 0 Å². The van der Waals surface area contributed by atoms with E-state index < -0.39 is 8.41 Å². The van der Waals surface area contributed by atoms with Crippen LogP contribution in [0.1, 0.15) is 34.1 Å². The Balaban J connectivity index is 0.00000121. The van der Waals surface area contributed by atoms with Crippen molar-refractivity contribution in [1.29, 1.82) is 0 Å². The normalized spacial score (nSPS) is 20.3. The fourth-order valence-corrected chi connectivity index (χ4v) is 8.86. The fraction of sp³-hybridized carbons (Fsp3) is 0.227. The summed E-state index contributed by atoms with van der Waals surface area (Å²) < 4.78 is 0.205. The van der Waals surface area contributed by atoms with Crippen molar-refractivity contribution in [3.63, 3.8) is 0 Å². The van der Waals surface area contributed by atoms with Crippen LogP contribution in [0.5, 0.6) is 0 Å². The van der Waals surface area contributed by atoms with E-state index in [9.17, 15) is 0 Å². The van der Waals surface area contributed by atoms with Gasteiger partial charge in [-0.25, -0.2) is 0 Å². The van der Waals surface area contributed by atoms with E-state index >= 15 is 0 Å². The Bertz CT molecular complexity index is 823. The first kappa shape index (κ1) is 25.4.